The molecule has 43 heavy (non-hydrogen) atoms. The van der Waals surface area contributed by atoms with Gasteiger partial charge in [0.15, 0.2) is 0 Å². The zero-order chi connectivity index (χ0) is 32.5. The maximum absolute atomic E-state index is 13.2. The Balaban J connectivity index is 3.18. The zero-order valence-corrected chi connectivity index (χ0v) is 23.8. The Kier molecular flexibility index (Phi) is 15.9. The number of carbonyl (C=O) groups is 7. The van der Waals surface area contributed by atoms with Crippen LogP contribution in [0.4, 0.5) is 0 Å². The molecule has 0 bridgehead atoms. The Morgan fingerprint density at radius 1 is 0.698 bits per heavy atom. The van der Waals surface area contributed by atoms with Gasteiger partial charge in [0, 0.05) is 12.8 Å². The highest BCUT2D eigenvalue weighted by atomic mass is 16.4. The van der Waals surface area contributed by atoms with E-state index in [4.69, 9.17) is 16.6 Å². The number of nitrogens with two attached hydrogens (primary N) is 2. The summed E-state index contributed by atoms with van der Waals surface area (Å²) in [6, 6.07) is 1.58. The van der Waals surface area contributed by atoms with Gasteiger partial charge in [0.25, 0.3) is 0 Å². The molecule has 1 rings (SSSR count). The number of carbonyl (C=O) groups excluding carboxylic acids is 4. The standard InChI is InChI=1S/C27H40N6O10/c1-15(29)23(38)32-19(13-16-7-3-2-4-8-16)25(40)33-20(14-22(36)37)26(41)30-17(10-11-21(34)35)24(39)31-18(27(42)43)9-5-6-12-28/h2-4,7-8,15,17-20H,5-6,9-14,28-29H2,1H3,(H,30,41)(H,31,39)(H,32,38)(H,33,40)(H,34,35)(H,36,37)(H,42,43)/t15-,17-,18-,19-,20-/m0/s1. The van der Waals surface area contributed by atoms with Crippen LogP contribution >= 0.6 is 0 Å². The fourth-order valence-corrected chi connectivity index (χ4v) is 3.85. The quantitative estimate of drug-likeness (QED) is 0.0732. The normalized spacial score (nSPS) is 14.2. The van der Waals surface area contributed by atoms with Crippen LogP contribution in [-0.2, 0) is 40.0 Å². The van der Waals surface area contributed by atoms with Crippen molar-refractivity contribution < 1.29 is 48.9 Å². The molecule has 16 heteroatoms. The average molecular weight is 609 g/mol. The van der Waals surface area contributed by atoms with E-state index < -0.39 is 91.0 Å². The second-order valence-corrected chi connectivity index (χ2v) is 9.88. The van der Waals surface area contributed by atoms with Gasteiger partial charge >= 0.3 is 17.9 Å². The lowest BCUT2D eigenvalue weighted by atomic mass is 10.0. The first-order valence-electron chi connectivity index (χ1n) is 13.6. The van der Waals surface area contributed by atoms with Gasteiger partial charge in [-0.1, -0.05) is 30.3 Å². The summed E-state index contributed by atoms with van der Waals surface area (Å²) in [5.41, 5.74) is 11.7. The first-order valence-corrected chi connectivity index (χ1v) is 13.6. The average Bonchev–Trinajstić information content (AvgIpc) is 2.93. The van der Waals surface area contributed by atoms with Crippen LogP contribution in [-0.4, -0.2) is 93.6 Å². The van der Waals surface area contributed by atoms with Crippen molar-refractivity contribution in [3.63, 3.8) is 0 Å². The summed E-state index contributed by atoms with van der Waals surface area (Å²) in [4.78, 5) is 85.9. The predicted molar refractivity (Wildman–Crippen MR) is 151 cm³/mol. The van der Waals surface area contributed by atoms with Crippen molar-refractivity contribution in [1.29, 1.82) is 0 Å². The van der Waals surface area contributed by atoms with E-state index in [9.17, 15) is 43.8 Å². The summed E-state index contributed by atoms with van der Waals surface area (Å²) in [6.07, 6.45) is -1.14. The van der Waals surface area contributed by atoms with Gasteiger partial charge in [-0.25, -0.2) is 4.79 Å². The fourth-order valence-electron chi connectivity index (χ4n) is 3.85. The van der Waals surface area contributed by atoms with E-state index in [1.807, 2.05) is 0 Å². The van der Waals surface area contributed by atoms with E-state index in [0.717, 1.165) is 0 Å². The summed E-state index contributed by atoms with van der Waals surface area (Å²) in [7, 11) is 0. The number of rotatable bonds is 20. The van der Waals surface area contributed by atoms with Crippen molar-refractivity contribution in [3.05, 3.63) is 35.9 Å². The SMILES string of the molecule is C[C@H](N)C(=O)N[C@@H](Cc1ccccc1)C(=O)N[C@@H](CC(=O)O)C(=O)N[C@@H](CCC(=O)O)C(=O)N[C@@H](CCCCN)C(=O)O. The third-order valence-corrected chi connectivity index (χ3v) is 6.18. The third-order valence-electron chi connectivity index (χ3n) is 6.18. The molecule has 16 nitrogen and oxygen atoms in total. The van der Waals surface area contributed by atoms with Crippen LogP contribution in [0.3, 0.4) is 0 Å². The molecule has 1 aromatic rings. The number of aliphatic carboxylic acids is 3. The molecule has 238 valence electrons. The number of carboxylic acids is 3. The van der Waals surface area contributed by atoms with Crippen molar-refractivity contribution in [2.45, 2.75) is 82.1 Å². The molecule has 11 N–H and O–H groups in total. The number of hydrogen-bond donors (Lipinski definition) is 9. The summed E-state index contributed by atoms with van der Waals surface area (Å²) >= 11 is 0. The van der Waals surface area contributed by atoms with Gasteiger partial charge in [0.1, 0.15) is 24.2 Å². The lowest BCUT2D eigenvalue weighted by molar-refractivity contribution is -0.144. The summed E-state index contributed by atoms with van der Waals surface area (Å²) in [5.74, 6) is -7.92. The van der Waals surface area contributed by atoms with E-state index in [0.29, 0.717) is 24.9 Å². The Hall–Kier alpha value is -4.57. The van der Waals surface area contributed by atoms with Gasteiger partial charge in [0.05, 0.1) is 12.5 Å². The van der Waals surface area contributed by atoms with Gasteiger partial charge in [-0.2, -0.15) is 0 Å². The number of benzene rings is 1. The topological polar surface area (TPSA) is 280 Å². The highest BCUT2D eigenvalue weighted by molar-refractivity contribution is 5.97. The van der Waals surface area contributed by atoms with E-state index in [1.165, 1.54) is 6.92 Å². The van der Waals surface area contributed by atoms with E-state index >= 15 is 0 Å². The fraction of sp³-hybridized carbons (Fsp3) is 0.519. The second kappa shape index (κ2) is 18.8. The number of amides is 4. The molecule has 0 saturated carbocycles. The van der Waals surface area contributed by atoms with E-state index in [2.05, 4.69) is 21.3 Å². The molecule has 0 unspecified atom stereocenters. The number of carboxylic acid groups (broad SMARTS) is 3. The smallest absolute Gasteiger partial charge is 0.326 e. The number of hydrogen-bond acceptors (Lipinski definition) is 9. The van der Waals surface area contributed by atoms with Crippen LogP contribution in [0.5, 0.6) is 0 Å². The molecule has 0 saturated heterocycles. The molecule has 0 heterocycles. The predicted octanol–water partition coefficient (Wildman–Crippen LogP) is -1.93. The summed E-state index contributed by atoms with van der Waals surface area (Å²) in [6.45, 7) is 1.69. The molecule has 0 fully saturated rings. The zero-order valence-electron chi connectivity index (χ0n) is 23.8. The molecule has 0 spiro atoms. The minimum absolute atomic E-state index is 0.0194. The minimum Gasteiger partial charge on any atom is -0.481 e. The summed E-state index contributed by atoms with van der Waals surface area (Å²) < 4.78 is 0. The molecule has 4 amide bonds. The maximum Gasteiger partial charge on any atom is 0.326 e. The molecule has 5 atom stereocenters. The van der Waals surface area contributed by atoms with Crippen LogP contribution in [0.2, 0.25) is 0 Å². The lowest BCUT2D eigenvalue weighted by Crippen LogP contribution is -2.59. The van der Waals surface area contributed by atoms with Crippen LogP contribution in [0, 0.1) is 0 Å². The minimum atomic E-state index is -1.75. The number of unbranched alkanes of at least 4 members (excludes halogenated alkanes) is 1. The van der Waals surface area contributed by atoms with Gasteiger partial charge in [-0.3, -0.25) is 28.8 Å². The first kappa shape index (κ1) is 36.5. The molecule has 0 aliphatic rings. The van der Waals surface area contributed by atoms with Crippen LogP contribution in [0.1, 0.15) is 51.0 Å². The second-order valence-electron chi connectivity index (χ2n) is 9.88. The third kappa shape index (κ3) is 14.2. The van der Waals surface area contributed by atoms with E-state index in [1.54, 1.807) is 30.3 Å². The monoisotopic (exact) mass is 608 g/mol. The van der Waals surface area contributed by atoms with Crippen molar-refractivity contribution in [3.8, 4) is 0 Å². The highest BCUT2D eigenvalue weighted by Gasteiger charge is 2.33. The molecule has 0 aliphatic carbocycles. The Bertz CT molecular complexity index is 1130. The Labute approximate surface area is 247 Å². The molecule has 0 aliphatic heterocycles. The first-order chi connectivity index (χ1) is 20.2. The lowest BCUT2D eigenvalue weighted by Gasteiger charge is -2.25. The van der Waals surface area contributed by atoms with Gasteiger partial charge in [0.2, 0.25) is 23.6 Å². The number of nitrogens with one attached hydrogen (secondary N) is 4. The van der Waals surface area contributed by atoms with Crippen molar-refractivity contribution >= 4 is 41.5 Å². The summed E-state index contributed by atoms with van der Waals surface area (Å²) in [5, 5.41) is 37.2. The van der Waals surface area contributed by atoms with Crippen molar-refractivity contribution in [2.24, 2.45) is 11.5 Å². The largest absolute Gasteiger partial charge is 0.481 e. The van der Waals surface area contributed by atoms with Crippen LogP contribution < -0.4 is 32.7 Å². The molecular formula is C27H40N6O10. The molecule has 0 radical (unpaired) electrons. The van der Waals surface area contributed by atoms with Gasteiger partial charge in [-0.05, 0) is 44.7 Å². The van der Waals surface area contributed by atoms with Crippen LogP contribution in [0.25, 0.3) is 0 Å². The van der Waals surface area contributed by atoms with Crippen molar-refractivity contribution in [2.75, 3.05) is 6.54 Å². The Morgan fingerprint density at radius 3 is 1.77 bits per heavy atom. The van der Waals surface area contributed by atoms with E-state index in [-0.39, 0.29) is 12.8 Å². The Morgan fingerprint density at radius 2 is 1.23 bits per heavy atom. The molecule has 0 aromatic heterocycles. The highest BCUT2D eigenvalue weighted by Crippen LogP contribution is 2.08. The van der Waals surface area contributed by atoms with Crippen LogP contribution in [0.15, 0.2) is 30.3 Å². The molecular weight excluding hydrogens is 568 g/mol. The van der Waals surface area contributed by atoms with Crippen molar-refractivity contribution in [1.82, 2.24) is 21.3 Å². The maximum atomic E-state index is 13.2. The molecule has 1 aromatic carbocycles. The van der Waals surface area contributed by atoms with Gasteiger partial charge < -0.3 is 48.1 Å². The van der Waals surface area contributed by atoms with Gasteiger partial charge in [-0.15, -0.1) is 0 Å².